The Morgan fingerprint density at radius 2 is 1.62 bits per heavy atom. The van der Waals surface area contributed by atoms with E-state index in [1.807, 2.05) is 88.3 Å². The maximum Gasteiger partial charge on any atom is 0.243 e. The molecule has 4 aromatic carbocycles. The average molecular weight is 806 g/mol. The molecule has 0 unspecified atom stereocenters. The molecule has 2 fully saturated rings. The number of amides is 1. The van der Waals surface area contributed by atoms with Crippen molar-refractivity contribution < 1.29 is 27.4 Å². The molecule has 5 aromatic rings. The second-order valence-corrected chi connectivity index (χ2v) is 19.2. The fourth-order valence-electron chi connectivity index (χ4n) is 9.22. The van der Waals surface area contributed by atoms with Gasteiger partial charge in [0.1, 0.15) is 6.61 Å². The van der Waals surface area contributed by atoms with Crippen molar-refractivity contribution >= 4 is 32.4 Å². The molecule has 3 aliphatic heterocycles. The summed E-state index contributed by atoms with van der Waals surface area (Å²) in [5, 5.41) is 9.52. The van der Waals surface area contributed by atoms with Crippen molar-refractivity contribution in [2.75, 3.05) is 45.5 Å². The summed E-state index contributed by atoms with van der Waals surface area (Å²) in [6.07, 6.45) is 4.71. The number of carbonyl (C=O) groups excluding carboxylic acids is 1. The quantitative estimate of drug-likeness (QED) is 0.119. The molecule has 1 N–H and O–H groups in total. The van der Waals surface area contributed by atoms with Gasteiger partial charge < -0.3 is 24.0 Å². The van der Waals surface area contributed by atoms with Gasteiger partial charge in [-0.25, -0.2) is 8.42 Å². The standard InChI is InChI=1S/C46H55N5O6S/c1-29-22-30(2)24-34(23-29)43-41(44(48-47-43)55-27-46(4,5)45(52)51-35-15-16-36(51)18-17-35)31(3)26-50(21-20-32-14-19-38-39(25-32)57-28-56-38)58(53,54)40-13-9-11-33-10-8-12-37(42(33)40)49(6)7/h8-14,19,22-25,31,35-36H,15-18,20-21,26-28H2,1-7H3,(H,47,48)/t31-,35?,36?/m1/s1. The maximum absolute atomic E-state index is 15.2. The maximum atomic E-state index is 15.2. The van der Waals surface area contributed by atoms with Crippen LogP contribution >= 0.6 is 0 Å². The summed E-state index contributed by atoms with van der Waals surface area (Å²) >= 11 is 0. The molecule has 2 bridgehead atoms. The van der Waals surface area contributed by atoms with Crippen molar-refractivity contribution in [1.82, 2.24) is 19.4 Å². The molecule has 0 spiro atoms. The topological polar surface area (TPSA) is 117 Å². The molecule has 12 heteroatoms. The molecular formula is C46H55N5O6S. The zero-order valence-corrected chi connectivity index (χ0v) is 35.5. The van der Waals surface area contributed by atoms with Gasteiger partial charge in [-0.3, -0.25) is 9.89 Å². The molecule has 1 aromatic heterocycles. The monoisotopic (exact) mass is 805 g/mol. The smallest absolute Gasteiger partial charge is 0.243 e. The molecule has 2 saturated heterocycles. The average Bonchev–Trinajstić information content (AvgIpc) is 4.01. The van der Waals surface area contributed by atoms with Gasteiger partial charge in [-0.2, -0.15) is 4.31 Å². The highest BCUT2D eigenvalue weighted by Gasteiger charge is 2.47. The Morgan fingerprint density at radius 1 is 0.948 bits per heavy atom. The number of aromatic nitrogens is 2. The minimum absolute atomic E-state index is 0.116. The number of rotatable bonds is 14. The van der Waals surface area contributed by atoms with Gasteiger partial charge in [-0.1, -0.05) is 54.4 Å². The van der Waals surface area contributed by atoms with Crippen LogP contribution in [0.25, 0.3) is 22.0 Å². The first-order valence-corrected chi connectivity index (χ1v) is 21.9. The normalized spacial score (nSPS) is 18.0. The highest BCUT2D eigenvalue weighted by atomic mass is 32.2. The lowest BCUT2D eigenvalue weighted by molar-refractivity contribution is -0.143. The summed E-state index contributed by atoms with van der Waals surface area (Å²) in [5.74, 6) is 1.44. The molecule has 0 radical (unpaired) electrons. The van der Waals surface area contributed by atoms with Gasteiger partial charge in [0.2, 0.25) is 28.6 Å². The third-order valence-corrected chi connectivity index (χ3v) is 14.0. The van der Waals surface area contributed by atoms with E-state index < -0.39 is 15.4 Å². The van der Waals surface area contributed by atoms with E-state index in [0.717, 1.165) is 70.3 Å². The Kier molecular flexibility index (Phi) is 10.7. The number of hydrogen-bond donors (Lipinski definition) is 1. The summed E-state index contributed by atoms with van der Waals surface area (Å²) in [6, 6.07) is 24.0. The lowest BCUT2D eigenvalue weighted by atomic mass is 9.92. The molecule has 4 heterocycles. The molecule has 11 nitrogen and oxygen atoms in total. The number of anilines is 1. The van der Waals surface area contributed by atoms with E-state index in [1.54, 1.807) is 10.4 Å². The van der Waals surface area contributed by atoms with E-state index >= 15 is 8.42 Å². The number of hydrogen-bond acceptors (Lipinski definition) is 8. The summed E-state index contributed by atoms with van der Waals surface area (Å²) in [4.78, 5) is 18.3. The van der Waals surface area contributed by atoms with Gasteiger partial charge in [-0.05, 0) is 107 Å². The van der Waals surface area contributed by atoms with Crippen molar-refractivity contribution in [3.8, 4) is 28.6 Å². The second kappa shape index (κ2) is 15.6. The third-order valence-electron chi connectivity index (χ3n) is 12.1. The first kappa shape index (κ1) is 39.7. The molecule has 0 saturated carbocycles. The number of ether oxygens (including phenoxy) is 3. The number of aromatic amines is 1. The van der Waals surface area contributed by atoms with Crippen LogP contribution in [0, 0.1) is 19.3 Å². The lowest BCUT2D eigenvalue weighted by Crippen LogP contribution is -2.46. The predicted octanol–water partition coefficient (Wildman–Crippen LogP) is 8.24. The van der Waals surface area contributed by atoms with Crippen LogP contribution in [0.15, 0.2) is 77.7 Å². The van der Waals surface area contributed by atoms with Gasteiger partial charge >= 0.3 is 0 Å². The van der Waals surface area contributed by atoms with Crippen molar-refractivity contribution in [2.45, 2.75) is 89.6 Å². The van der Waals surface area contributed by atoms with E-state index in [1.165, 1.54) is 0 Å². The van der Waals surface area contributed by atoms with Crippen LogP contribution in [-0.2, 0) is 21.2 Å². The van der Waals surface area contributed by atoms with Crippen LogP contribution in [0.1, 0.15) is 74.6 Å². The molecule has 8 rings (SSSR count). The van der Waals surface area contributed by atoms with Gasteiger partial charge in [0, 0.05) is 67.4 Å². The summed E-state index contributed by atoms with van der Waals surface area (Å²) in [6.45, 7) is 10.7. The zero-order valence-electron chi connectivity index (χ0n) is 34.7. The Morgan fingerprint density at radius 3 is 2.31 bits per heavy atom. The first-order valence-electron chi connectivity index (χ1n) is 20.4. The summed E-state index contributed by atoms with van der Waals surface area (Å²) < 4.78 is 49.9. The molecule has 306 valence electrons. The largest absolute Gasteiger partial charge is 0.475 e. The summed E-state index contributed by atoms with van der Waals surface area (Å²) in [7, 11) is -0.232. The van der Waals surface area contributed by atoms with E-state index in [9.17, 15) is 4.79 Å². The molecule has 58 heavy (non-hydrogen) atoms. The lowest BCUT2D eigenvalue weighted by Gasteiger charge is -2.32. The third kappa shape index (κ3) is 7.52. The molecule has 1 amide bonds. The van der Waals surface area contributed by atoms with Crippen LogP contribution in [0.2, 0.25) is 0 Å². The van der Waals surface area contributed by atoms with Crippen LogP contribution in [0.3, 0.4) is 0 Å². The van der Waals surface area contributed by atoms with Gasteiger partial charge in [0.05, 0.1) is 16.0 Å². The number of carbonyl (C=O) groups is 1. The van der Waals surface area contributed by atoms with Crippen LogP contribution < -0.4 is 19.1 Å². The first-order chi connectivity index (χ1) is 27.7. The fourth-order valence-corrected chi connectivity index (χ4v) is 11.0. The Labute approximate surface area is 342 Å². The number of nitrogens with one attached hydrogen (secondary N) is 1. The highest BCUT2D eigenvalue weighted by molar-refractivity contribution is 7.89. The van der Waals surface area contributed by atoms with Gasteiger partial charge in [-0.15, -0.1) is 5.10 Å². The Balaban J connectivity index is 1.17. The number of sulfonamides is 1. The van der Waals surface area contributed by atoms with E-state index in [0.29, 0.717) is 41.3 Å². The number of H-pyrrole nitrogens is 1. The minimum Gasteiger partial charge on any atom is -0.475 e. The van der Waals surface area contributed by atoms with E-state index in [4.69, 9.17) is 19.3 Å². The molecular weight excluding hydrogens is 751 g/mol. The number of fused-ring (bicyclic) bond motifs is 4. The van der Waals surface area contributed by atoms with Crippen molar-refractivity contribution in [2.24, 2.45) is 5.41 Å². The SMILES string of the molecule is Cc1cc(C)cc(-c2[nH]nc(OCC(C)(C)C(=O)N3C4CCC3CC4)c2[C@H](C)CN(CCc2ccc3c(c2)OCO3)S(=O)(=O)c2cccc3cccc(N(C)C)c23)c1. The van der Waals surface area contributed by atoms with Crippen LogP contribution in [0.5, 0.6) is 17.4 Å². The van der Waals surface area contributed by atoms with Crippen molar-refractivity contribution in [3.05, 3.63) is 95.1 Å². The van der Waals surface area contributed by atoms with E-state index in [-0.39, 0.29) is 43.2 Å². The predicted molar refractivity (Wildman–Crippen MR) is 227 cm³/mol. The number of nitrogens with zero attached hydrogens (tertiary/aromatic N) is 4. The molecule has 1 atom stereocenters. The summed E-state index contributed by atoms with van der Waals surface area (Å²) in [5.41, 5.74) is 5.63. The zero-order chi connectivity index (χ0) is 40.9. The van der Waals surface area contributed by atoms with Crippen molar-refractivity contribution in [3.63, 3.8) is 0 Å². The van der Waals surface area contributed by atoms with Crippen molar-refractivity contribution in [1.29, 1.82) is 0 Å². The molecule has 3 aliphatic rings. The second-order valence-electron chi connectivity index (χ2n) is 17.3. The number of aryl methyl sites for hydroxylation is 2. The van der Waals surface area contributed by atoms with E-state index in [2.05, 4.69) is 42.0 Å². The highest BCUT2D eigenvalue weighted by Crippen LogP contribution is 2.42. The fraction of sp³-hybridized carbons (Fsp3) is 0.435. The Hall–Kier alpha value is -5.07. The van der Waals surface area contributed by atoms with Crippen LogP contribution in [-0.4, -0.2) is 86.4 Å². The molecule has 0 aliphatic carbocycles. The Bertz CT molecular complexity index is 2410. The minimum atomic E-state index is -4.09. The van der Waals surface area contributed by atoms with Crippen LogP contribution in [0.4, 0.5) is 5.69 Å². The van der Waals surface area contributed by atoms with Gasteiger partial charge in [0.15, 0.2) is 11.5 Å². The number of benzene rings is 4. The van der Waals surface area contributed by atoms with Gasteiger partial charge in [0.25, 0.3) is 0 Å².